The van der Waals surface area contributed by atoms with Gasteiger partial charge in [0.1, 0.15) is 6.04 Å². The normalized spacial score (nSPS) is 13.6. The largest absolute Gasteiger partial charge is 0.399 e. The van der Waals surface area contributed by atoms with Crippen molar-refractivity contribution in [3.63, 3.8) is 0 Å². The van der Waals surface area contributed by atoms with Crippen molar-refractivity contribution in [2.24, 2.45) is 0 Å². The molecular formula is C23H31F2N2O6PS. The molecule has 1 unspecified atom stereocenters. The molecule has 12 heteroatoms. The van der Waals surface area contributed by atoms with E-state index in [1.54, 1.807) is 0 Å². The third-order valence-electron chi connectivity index (χ3n) is 5.38. The Hall–Kier alpha value is -2.17. The molecule has 0 bridgehead atoms. The molecule has 4 N–H and O–H groups in total. The second kappa shape index (κ2) is 12.2. The maximum atomic E-state index is 13.9. The lowest BCUT2D eigenvalue weighted by Gasteiger charge is -2.21. The smallest absolute Gasteiger partial charge is 0.355 e. The number of carbonyl (C=O) groups excluding carboxylic acids is 1. The maximum absolute atomic E-state index is 13.9. The Balaban J connectivity index is 2.05. The number of benzene rings is 2. The van der Waals surface area contributed by atoms with Crippen molar-refractivity contribution in [3.05, 3.63) is 71.3 Å². The zero-order valence-corrected chi connectivity index (χ0v) is 21.2. The van der Waals surface area contributed by atoms with Crippen LogP contribution in [-0.2, 0) is 37.9 Å². The van der Waals surface area contributed by atoms with Crippen molar-refractivity contribution < 1.29 is 36.3 Å². The van der Waals surface area contributed by atoms with Crippen LogP contribution in [-0.4, -0.2) is 41.9 Å². The Morgan fingerprint density at radius 2 is 1.60 bits per heavy atom. The van der Waals surface area contributed by atoms with Gasteiger partial charge in [-0.1, -0.05) is 54.6 Å². The predicted octanol–water partition coefficient (Wildman–Crippen LogP) is 3.29. The highest BCUT2D eigenvalue weighted by atomic mass is 32.2. The first-order chi connectivity index (χ1) is 16.2. The number of rotatable bonds is 13. The van der Waals surface area contributed by atoms with Crippen molar-refractivity contribution in [1.82, 2.24) is 10.0 Å². The van der Waals surface area contributed by atoms with E-state index in [0.717, 1.165) is 25.0 Å². The van der Waals surface area contributed by atoms with Gasteiger partial charge in [-0.25, -0.2) is 13.1 Å². The molecule has 194 valence electrons. The number of aryl methyl sites for hydroxylation is 1. The lowest BCUT2D eigenvalue weighted by atomic mass is 10.0. The van der Waals surface area contributed by atoms with Crippen molar-refractivity contribution in [2.75, 3.05) is 6.54 Å². The fraction of sp³-hybridized carbons (Fsp3) is 0.435. The zero-order valence-electron chi connectivity index (χ0n) is 19.5. The lowest BCUT2D eigenvalue weighted by molar-refractivity contribution is -0.122. The molecule has 0 aliphatic heterocycles. The second-order valence-corrected chi connectivity index (χ2v) is 12.4. The SMILES string of the molecule is CC(C)S(=O)(=O)NC(Cc1ccc(C(F)(F)P(=O)(O)O)cc1)C(=O)NCCCCc1ccccc1. The Bertz CT molecular complexity index is 1120. The van der Waals surface area contributed by atoms with Crippen LogP contribution in [0.5, 0.6) is 0 Å². The molecule has 0 aromatic heterocycles. The molecule has 2 aromatic rings. The minimum atomic E-state index is -5.72. The van der Waals surface area contributed by atoms with E-state index in [-0.39, 0.29) is 6.42 Å². The Kier molecular flexibility index (Phi) is 10.1. The van der Waals surface area contributed by atoms with Crippen LogP contribution in [0.25, 0.3) is 0 Å². The molecule has 0 heterocycles. The van der Waals surface area contributed by atoms with Gasteiger partial charge in [0.2, 0.25) is 15.9 Å². The molecule has 1 amide bonds. The van der Waals surface area contributed by atoms with Crippen molar-refractivity contribution >= 4 is 23.5 Å². The molecule has 1 atom stereocenters. The van der Waals surface area contributed by atoms with Crippen LogP contribution in [0.3, 0.4) is 0 Å². The molecule has 0 saturated carbocycles. The lowest BCUT2D eigenvalue weighted by Crippen LogP contribution is -2.49. The second-order valence-electron chi connectivity index (χ2n) is 8.48. The molecule has 0 spiro atoms. The quantitative estimate of drug-likeness (QED) is 0.231. The van der Waals surface area contributed by atoms with Crippen molar-refractivity contribution in [1.29, 1.82) is 0 Å². The summed E-state index contributed by atoms with van der Waals surface area (Å²) in [6, 6.07) is 12.7. The van der Waals surface area contributed by atoms with Crippen LogP contribution in [0.4, 0.5) is 8.78 Å². The number of sulfonamides is 1. The van der Waals surface area contributed by atoms with E-state index in [4.69, 9.17) is 9.79 Å². The first kappa shape index (κ1) is 29.1. The van der Waals surface area contributed by atoms with Crippen LogP contribution in [0.1, 0.15) is 43.4 Å². The molecule has 0 aliphatic carbocycles. The first-order valence-electron chi connectivity index (χ1n) is 11.1. The summed E-state index contributed by atoms with van der Waals surface area (Å²) in [5, 5.41) is 1.92. The molecule has 0 saturated heterocycles. The Morgan fingerprint density at radius 3 is 2.14 bits per heavy atom. The van der Waals surface area contributed by atoms with Gasteiger partial charge >= 0.3 is 13.3 Å². The zero-order chi connectivity index (χ0) is 26.3. The van der Waals surface area contributed by atoms with Crippen LogP contribution >= 0.6 is 7.60 Å². The van der Waals surface area contributed by atoms with Crippen LogP contribution in [0, 0.1) is 0 Å². The van der Waals surface area contributed by atoms with E-state index in [1.165, 1.54) is 31.5 Å². The highest BCUT2D eigenvalue weighted by Gasteiger charge is 2.50. The number of carbonyl (C=O) groups is 1. The van der Waals surface area contributed by atoms with Gasteiger partial charge in [0.25, 0.3) is 0 Å². The van der Waals surface area contributed by atoms with Gasteiger partial charge in [-0.2, -0.15) is 8.78 Å². The maximum Gasteiger partial charge on any atom is 0.399 e. The number of hydrogen-bond acceptors (Lipinski definition) is 4. The fourth-order valence-corrected chi connectivity index (χ4v) is 4.55. The standard InChI is InChI=1S/C23H31F2N2O6PS/c1-17(2)35(32,33)27-21(22(28)26-15-7-6-10-18-8-4-3-5-9-18)16-19-11-13-20(14-12-19)23(24,25)34(29,30)31/h3-5,8-9,11-14,17,21,27H,6-7,10,15-16H2,1-2H3,(H,26,28)(H2,29,30,31). The molecule has 35 heavy (non-hydrogen) atoms. The van der Waals surface area contributed by atoms with E-state index in [1.807, 2.05) is 30.3 Å². The van der Waals surface area contributed by atoms with Gasteiger partial charge in [-0.15, -0.1) is 0 Å². The summed E-state index contributed by atoms with van der Waals surface area (Å²) in [5.74, 6) is -0.557. The topological polar surface area (TPSA) is 133 Å². The van der Waals surface area contributed by atoms with Crippen LogP contribution in [0.15, 0.2) is 54.6 Å². The molecule has 0 radical (unpaired) electrons. The summed E-state index contributed by atoms with van der Waals surface area (Å²) in [4.78, 5) is 30.5. The minimum absolute atomic E-state index is 0.135. The van der Waals surface area contributed by atoms with E-state index in [0.29, 0.717) is 18.5 Å². The van der Waals surface area contributed by atoms with Gasteiger partial charge in [-0.3, -0.25) is 9.36 Å². The molecule has 2 aromatic carbocycles. The average molecular weight is 533 g/mol. The van der Waals surface area contributed by atoms with E-state index >= 15 is 0 Å². The summed E-state index contributed by atoms with van der Waals surface area (Å²) < 4.78 is 66.0. The van der Waals surface area contributed by atoms with E-state index in [2.05, 4.69) is 10.0 Å². The number of alkyl halides is 2. The third-order valence-corrected chi connectivity index (χ3v) is 8.23. The van der Waals surface area contributed by atoms with Gasteiger partial charge in [0.15, 0.2) is 0 Å². The van der Waals surface area contributed by atoms with Crippen molar-refractivity contribution in [2.45, 2.75) is 56.5 Å². The summed E-state index contributed by atoms with van der Waals surface area (Å²) in [6.45, 7) is 3.25. The fourth-order valence-electron chi connectivity index (χ4n) is 3.20. The van der Waals surface area contributed by atoms with Crippen molar-refractivity contribution in [3.8, 4) is 0 Å². The molecular weight excluding hydrogens is 501 g/mol. The van der Waals surface area contributed by atoms with Gasteiger partial charge in [0.05, 0.1) is 5.25 Å². The number of unbranched alkanes of at least 4 members (excludes halogenated alkanes) is 1. The monoisotopic (exact) mass is 532 g/mol. The summed E-state index contributed by atoms with van der Waals surface area (Å²) >= 11 is 0. The summed E-state index contributed by atoms with van der Waals surface area (Å²) in [5.41, 5.74) is -3.72. The summed E-state index contributed by atoms with van der Waals surface area (Å²) in [7, 11) is -9.53. The van der Waals surface area contributed by atoms with Gasteiger partial charge in [-0.05, 0) is 50.7 Å². The number of nitrogens with one attached hydrogen (secondary N) is 2. The predicted molar refractivity (Wildman–Crippen MR) is 129 cm³/mol. The Labute approximate surface area is 204 Å². The van der Waals surface area contributed by atoms with Crippen LogP contribution < -0.4 is 10.0 Å². The summed E-state index contributed by atoms with van der Waals surface area (Å²) in [6.07, 6.45) is 2.20. The first-order valence-corrected chi connectivity index (χ1v) is 14.3. The van der Waals surface area contributed by atoms with E-state index < -0.39 is 46.0 Å². The number of amides is 1. The molecule has 2 rings (SSSR count). The molecule has 0 aliphatic rings. The third kappa shape index (κ3) is 8.47. The molecule has 8 nitrogen and oxygen atoms in total. The highest BCUT2D eigenvalue weighted by Crippen LogP contribution is 2.59. The Morgan fingerprint density at radius 1 is 1.00 bits per heavy atom. The number of hydrogen-bond donors (Lipinski definition) is 4. The van der Waals surface area contributed by atoms with Gasteiger partial charge in [0, 0.05) is 12.1 Å². The van der Waals surface area contributed by atoms with Crippen LogP contribution in [0.2, 0.25) is 0 Å². The van der Waals surface area contributed by atoms with E-state index in [9.17, 15) is 26.6 Å². The minimum Gasteiger partial charge on any atom is -0.355 e. The average Bonchev–Trinajstić information content (AvgIpc) is 2.78. The highest BCUT2D eigenvalue weighted by molar-refractivity contribution is 7.90. The number of halogens is 2. The molecule has 0 fully saturated rings. The van der Waals surface area contributed by atoms with Gasteiger partial charge < -0.3 is 15.1 Å².